The second-order valence-electron chi connectivity index (χ2n) is 1.16. The van der Waals surface area contributed by atoms with Gasteiger partial charge in [-0.15, -0.1) is 0 Å². The Morgan fingerprint density at radius 2 is 2.75 bits per heavy atom. The molecule has 0 aromatic carbocycles. The Kier molecular flexibility index (Phi) is 1.27. The van der Waals surface area contributed by atoms with Gasteiger partial charge in [0, 0.05) is 0 Å². The summed E-state index contributed by atoms with van der Waals surface area (Å²) in [6.07, 6.45) is 3.82. The fourth-order valence-electron chi connectivity index (χ4n) is 0.345. The quantitative estimate of drug-likeness (QED) is 0.326. The van der Waals surface area contributed by atoms with Gasteiger partial charge in [0.1, 0.15) is 12.0 Å². The lowest BCUT2D eigenvalue weighted by molar-refractivity contribution is 0.321. The van der Waals surface area contributed by atoms with E-state index in [4.69, 9.17) is 5.21 Å². The SMILES string of the molecule is ON=Cc1cocn1. The van der Waals surface area contributed by atoms with Crippen molar-refractivity contribution in [3.63, 3.8) is 0 Å². The van der Waals surface area contributed by atoms with E-state index < -0.39 is 0 Å². The molecule has 1 aromatic heterocycles. The zero-order chi connectivity index (χ0) is 5.82. The predicted molar refractivity (Wildman–Crippen MR) is 25.9 cm³/mol. The fraction of sp³-hybridized carbons (Fsp3) is 0. The van der Waals surface area contributed by atoms with E-state index in [0.717, 1.165) is 0 Å². The third kappa shape index (κ3) is 0.841. The molecule has 1 rings (SSSR count). The molecule has 0 aliphatic heterocycles. The van der Waals surface area contributed by atoms with Crippen LogP contribution in [0.5, 0.6) is 0 Å². The topological polar surface area (TPSA) is 58.6 Å². The molecule has 0 amide bonds. The minimum absolute atomic E-state index is 0.507. The molecule has 0 aliphatic carbocycles. The maximum atomic E-state index is 7.93. The third-order valence-corrected chi connectivity index (χ3v) is 0.641. The number of aromatic nitrogens is 1. The van der Waals surface area contributed by atoms with Crippen molar-refractivity contribution >= 4 is 6.21 Å². The molecule has 42 valence electrons. The van der Waals surface area contributed by atoms with E-state index in [1.165, 1.54) is 18.9 Å². The summed E-state index contributed by atoms with van der Waals surface area (Å²) in [6.45, 7) is 0. The molecular formula is C4H4N2O2. The van der Waals surface area contributed by atoms with E-state index in [1.54, 1.807) is 0 Å². The average Bonchev–Trinajstić information content (AvgIpc) is 2.19. The normalized spacial score (nSPS) is 10.5. The summed E-state index contributed by atoms with van der Waals surface area (Å²) < 4.78 is 4.55. The summed E-state index contributed by atoms with van der Waals surface area (Å²) in [5, 5.41) is 10.7. The standard InChI is InChI=1S/C4H4N2O2/c7-6-1-4-2-8-3-5-4/h1-3,7H. The van der Waals surface area contributed by atoms with Crippen molar-refractivity contribution in [1.82, 2.24) is 4.98 Å². The van der Waals surface area contributed by atoms with Crippen LogP contribution in [0.1, 0.15) is 5.69 Å². The van der Waals surface area contributed by atoms with Gasteiger partial charge in [0.2, 0.25) is 0 Å². The Morgan fingerprint density at radius 3 is 3.25 bits per heavy atom. The van der Waals surface area contributed by atoms with Crippen LogP contribution in [0.3, 0.4) is 0 Å². The number of nitrogens with zero attached hydrogens (tertiary/aromatic N) is 2. The van der Waals surface area contributed by atoms with E-state index in [-0.39, 0.29) is 0 Å². The van der Waals surface area contributed by atoms with Gasteiger partial charge in [-0.1, -0.05) is 5.16 Å². The van der Waals surface area contributed by atoms with E-state index in [1.807, 2.05) is 0 Å². The number of rotatable bonds is 1. The highest BCUT2D eigenvalue weighted by atomic mass is 16.4. The third-order valence-electron chi connectivity index (χ3n) is 0.641. The van der Waals surface area contributed by atoms with Gasteiger partial charge in [-0.2, -0.15) is 0 Å². The number of hydrogen-bond donors (Lipinski definition) is 1. The summed E-state index contributed by atoms with van der Waals surface area (Å²) in [6, 6.07) is 0. The van der Waals surface area contributed by atoms with Crippen LogP contribution < -0.4 is 0 Å². The van der Waals surface area contributed by atoms with E-state index in [2.05, 4.69) is 14.6 Å². The molecule has 4 heteroatoms. The first kappa shape index (κ1) is 4.83. The van der Waals surface area contributed by atoms with Crippen molar-refractivity contribution in [2.24, 2.45) is 5.16 Å². The second kappa shape index (κ2) is 2.11. The Morgan fingerprint density at radius 1 is 1.88 bits per heavy atom. The molecule has 0 aliphatic rings. The summed E-state index contributed by atoms with van der Waals surface area (Å²) in [7, 11) is 0. The first-order valence-electron chi connectivity index (χ1n) is 1.99. The molecule has 0 saturated heterocycles. The summed E-state index contributed by atoms with van der Waals surface area (Å²) in [5.41, 5.74) is 0.507. The Hall–Kier alpha value is -1.32. The Labute approximate surface area is 45.5 Å². The summed E-state index contributed by atoms with van der Waals surface area (Å²) in [4.78, 5) is 3.63. The van der Waals surface area contributed by atoms with Crippen LogP contribution in [-0.4, -0.2) is 16.4 Å². The van der Waals surface area contributed by atoms with Gasteiger partial charge in [0.05, 0.1) is 6.21 Å². The molecule has 0 atom stereocenters. The van der Waals surface area contributed by atoms with Crippen molar-refractivity contribution in [1.29, 1.82) is 0 Å². The monoisotopic (exact) mass is 112 g/mol. The van der Waals surface area contributed by atoms with E-state index in [0.29, 0.717) is 5.69 Å². The fourth-order valence-corrected chi connectivity index (χ4v) is 0.345. The largest absolute Gasteiger partial charge is 0.451 e. The summed E-state index contributed by atoms with van der Waals surface area (Å²) in [5.74, 6) is 0. The van der Waals surface area contributed by atoms with Crippen molar-refractivity contribution in [3.8, 4) is 0 Å². The molecular weight excluding hydrogens is 108 g/mol. The highest BCUT2D eigenvalue weighted by Gasteiger charge is 1.85. The molecule has 0 fully saturated rings. The van der Waals surface area contributed by atoms with Gasteiger partial charge in [0.15, 0.2) is 6.39 Å². The lowest BCUT2D eigenvalue weighted by atomic mass is 10.5. The van der Waals surface area contributed by atoms with Gasteiger partial charge in [-0.25, -0.2) is 4.98 Å². The minimum atomic E-state index is 0.507. The first-order chi connectivity index (χ1) is 3.93. The maximum absolute atomic E-state index is 7.93. The Bertz CT molecular complexity index is 168. The zero-order valence-corrected chi connectivity index (χ0v) is 3.98. The highest BCUT2D eigenvalue weighted by molar-refractivity contribution is 5.75. The first-order valence-corrected chi connectivity index (χ1v) is 1.99. The molecule has 0 spiro atoms. The van der Waals surface area contributed by atoms with Gasteiger partial charge in [-0.3, -0.25) is 0 Å². The maximum Gasteiger partial charge on any atom is 0.181 e. The minimum Gasteiger partial charge on any atom is -0.451 e. The smallest absolute Gasteiger partial charge is 0.181 e. The van der Waals surface area contributed by atoms with Gasteiger partial charge in [0.25, 0.3) is 0 Å². The van der Waals surface area contributed by atoms with Crippen LogP contribution in [0.25, 0.3) is 0 Å². The van der Waals surface area contributed by atoms with E-state index in [9.17, 15) is 0 Å². The highest BCUT2D eigenvalue weighted by Crippen LogP contribution is 1.87. The number of oxazole rings is 1. The molecule has 0 bridgehead atoms. The van der Waals surface area contributed by atoms with Crippen molar-refractivity contribution < 1.29 is 9.62 Å². The van der Waals surface area contributed by atoms with Gasteiger partial charge < -0.3 is 9.62 Å². The van der Waals surface area contributed by atoms with Crippen LogP contribution in [0.15, 0.2) is 22.2 Å². The van der Waals surface area contributed by atoms with Gasteiger partial charge >= 0.3 is 0 Å². The zero-order valence-electron chi connectivity index (χ0n) is 3.98. The van der Waals surface area contributed by atoms with E-state index >= 15 is 0 Å². The molecule has 4 nitrogen and oxygen atoms in total. The molecule has 1 N–H and O–H groups in total. The molecule has 0 unspecified atom stereocenters. The van der Waals surface area contributed by atoms with Crippen LogP contribution in [0.4, 0.5) is 0 Å². The molecule has 0 radical (unpaired) electrons. The van der Waals surface area contributed by atoms with Crippen LogP contribution in [0, 0.1) is 0 Å². The van der Waals surface area contributed by atoms with Crippen LogP contribution >= 0.6 is 0 Å². The lowest BCUT2D eigenvalue weighted by Crippen LogP contribution is -1.76. The van der Waals surface area contributed by atoms with Crippen LogP contribution in [-0.2, 0) is 0 Å². The van der Waals surface area contributed by atoms with Crippen molar-refractivity contribution in [2.45, 2.75) is 0 Å². The number of hydrogen-bond acceptors (Lipinski definition) is 4. The predicted octanol–water partition coefficient (Wildman–Crippen LogP) is 0.483. The number of oxime groups is 1. The van der Waals surface area contributed by atoms with Crippen LogP contribution in [0.2, 0.25) is 0 Å². The second-order valence-corrected chi connectivity index (χ2v) is 1.16. The van der Waals surface area contributed by atoms with Crippen molar-refractivity contribution in [2.75, 3.05) is 0 Å². The van der Waals surface area contributed by atoms with Gasteiger partial charge in [-0.05, 0) is 0 Å². The molecule has 1 heterocycles. The Balaban J connectivity index is 2.77. The van der Waals surface area contributed by atoms with Crippen molar-refractivity contribution in [3.05, 3.63) is 18.4 Å². The molecule has 1 aromatic rings. The summed E-state index contributed by atoms with van der Waals surface area (Å²) >= 11 is 0. The molecule has 8 heavy (non-hydrogen) atoms. The lowest BCUT2D eigenvalue weighted by Gasteiger charge is -1.70. The molecule has 0 saturated carbocycles. The average molecular weight is 112 g/mol.